The van der Waals surface area contributed by atoms with E-state index < -0.39 is 0 Å². The normalized spacial score (nSPS) is 9.67. The first-order valence-electron chi connectivity index (χ1n) is 4.96. The Kier molecular flexibility index (Phi) is 4.54. The Labute approximate surface area is 89.1 Å². The first-order valence-corrected chi connectivity index (χ1v) is 4.96. The Morgan fingerprint density at radius 2 is 2.00 bits per heavy atom. The molecule has 1 aromatic rings. The summed E-state index contributed by atoms with van der Waals surface area (Å²) in [5.41, 5.74) is 0.599. The first-order chi connectivity index (χ1) is 7.26. The van der Waals surface area contributed by atoms with Gasteiger partial charge in [0, 0.05) is 12.0 Å². The summed E-state index contributed by atoms with van der Waals surface area (Å²) >= 11 is 0. The smallest absolute Gasteiger partial charge is 0.170 e. The Bertz CT molecular complexity index is 327. The summed E-state index contributed by atoms with van der Waals surface area (Å²) in [6.07, 6.45) is 2.16. The molecule has 0 radical (unpaired) electrons. The van der Waals surface area contributed by atoms with Crippen molar-refractivity contribution in [2.45, 2.75) is 19.8 Å². The van der Waals surface area contributed by atoms with Crippen LogP contribution in [-0.2, 0) is 4.79 Å². The van der Waals surface area contributed by atoms with Gasteiger partial charge in [-0.15, -0.1) is 0 Å². The molecule has 0 saturated carbocycles. The van der Waals surface area contributed by atoms with Gasteiger partial charge in [-0.3, -0.25) is 9.59 Å². The van der Waals surface area contributed by atoms with E-state index in [9.17, 15) is 9.59 Å². The number of benzene rings is 1. The highest BCUT2D eigenvalue weighted by Crippen LogP contribution is 2.11. The Balaban J connectivity index is 2.44. The van der Waals surface area contributed by atoms with Crippen LogP contribution in [0.4, 0.5) is 0 Å². The van der Waals surface area contributed by atoms with Gasteiger partial charge in [0.05, 0.1) is 0 Å². The van der Waals surface area contributed by atoms with Crippen molar-refractivity contribution in [2.75, 3.05) is 6.61 Å². The number of Topliss-reactive ketones (excluding diaryl/α,β-unsaturated/α-hetero) is 1. The van der Waals surface area contributed by atoms with Crippen molar-refractivity contribution in [3.8, 4) is 5.75 Å². The third-order valence-corrected chi connectivity index (χ3v) is 1.94. The summed E-state index contributed by atoms with van der Waals surface area (Å²) in [5, 5.41) is 0. The number of hydrogen-bond donors (Lipinski definition) is 0. The van der Waals surface area contributed by atoms with Crippen LogP contribution < -0.4 is 4.74 Å². The average molecular weight is 206 g/mol. The molecule has 0 aliphatic carbocycles. The Morgan fingerprint density at radius 3 is 2.53 bits per heavy atom. The van der Waals surface area contributed by atoms with E-state index in [1.807, 2.05) is 6.92 Å². The van der Waals surface area contributed by atoms with Gasteiger partial charge in [-0.25, -0.2) is 0 Å². The average Bonchev–Trinajstić information content (AvgIpc) is 2.27. The summed E-state index contributed by atoms with van der Waals surface area (Å²) in [4.78, 5) is 21.5. The van der Waals surface area contributed by atoms with Crippen molar-refractivity contribution in [1.82, 2.24) is 0 Å². The molecule has 0 spiro atoms. The molecule has 0 unspecified atom stereocenters. The maximum atomic E-state index is 11.2. The number of aldehydes is 1. The topological polar surface area (TPSA) is 43.4 Å². The second-order valence-electron chi connectivity index (χ2n) is 3.26. The van der Waals surface area contributed by atoms with E-state index in [1.54, 1.807) is 24.3 Å². The lowest BCUT2D eigenvalue weighted by Crippen LogP contribution is -2.10. The molecule has 0 heterocycles. The second kappa shape index (κ2) is 5.96. The van der Waals surface area contributed by atoms with Gasteiger partial charge in [-0.2, -0.15) is 0 Å². The lowest BCUT2D eigenvalue weighted by molar-refractivity contribution is -0.121. The number of hydrogen-bond acceptors (Lipinski definition) is 3. The highest BCUT2D eigenvalue weighted by atomic mass is 16.5. The molecule has 1 aromatic carbocycles. The van der Waals surface area contributed by atoms with Crippen molar-refractivity contribution in [1.29, 1.82) is 0 Å². The van der Waals surface area contributed by atoms with Gasteiger partial charge >= 0.3 is 0 Å². The monoisotopic (exact) mass is 206 g/mol. The van der Waals surface area contributed by atoms with Crippen molar-refractivity contribution in [3.05, 3.63) is 29.8 Å². The van der Waals surface area contributed by atoms with Crippen LogP contribution in [0.15, 0.2) is 24.3 Å². The first kappa shape index (κ1) is 11.4. The van der Waals surface area contributed by atoms with E-state index in [0.717, 1.165) is 12.7 Å². The van der Waals surface area contributed by atoms with Crippen LogP contribution in [0.3, 0.4) is 0 Å². The number of carbonyl (C=O) groups is 2. The van der Waals surface area contributed by atoms with Crippen LogP contribution >= 0.6 is 0 Å². The number of ether oxygens (including phenoxy) is 1. The highest BCUT2D eigenvalue weighted by molar-refractivity contribution is 5.80. The molecular formula is C12H14O3. The molecule has 0 bridgehead atoms. The van der Waals surface area contributed by atoms with E-state index in [0.29, 0.717) is 17.7 Å². The van der Waals surface area contributed by atoms with Gasteiger partial charge in [0.1, 0.15) is 18.6 Å². The van der Waals surface area contributed by atoms with Crippen LogP contribution in [0, 0.1) is 0 Å². The molecule has 15 heavy (non-hydrogen) atoms. The van der Waals surface area contributed by atoms with E-state index in [-0.39, 0.29) is 12.4 Å². The quantitative estimate of drug-likeness (QED) is 0.670. The number of rotatable bonds is 6. The van der Waals surface area contributed by atoms with Crippen LogP contribution in [0.25, 0.3) is 0 Å². The van der Waals surface area contributed by atoms with Crippen molar-refractivity contribution >= 4 is 12.1 Å². The number of ketones is 1. The number of carbonyl (C=O) groups excluding carboxylic acids is 2. The minimum absolute atomic E-state index is 0.0944. The molecule has 80 valence electrons. The summed E-state index contributed by atoms with van der Waals surface area (Å²) in [6.45, 7) is 2.06. The molecule has 0 fully saturated rings. The largest absolute Gasteiger partial charge is 0.486 e. The van der Waals surface area contributed by atoms with Gasteiger partial charge in [0.25, 0.3) is 0 Å². The molecule has 0 saturated heterocycles. The molecule has 0 N–H and O–H groups in total. The standard InChI is InChI=1S/C12H14O3/c1-2-3-11(14)9-15-12-6-4-10(8-13)5-7-12/h4-8H,2-3,9H2,1H3. The fourth-order valence-electron chi connectivity index (χ4n) is 1.16. The van der Waals surface area contributed by atoms with Gasteiger partial charge in [-0.1, -0.05) is 6.92 Å². The molecule has 3 nitrogen and oxygen atoms in total. The van der Waals surface area contributed by atoms with Gasteiger partial charge < -0.3 is 4.74 Å². The Morgan fingerprint density at radius 1 is 1.33 bits per heavy atom. The fraction of sp³-hybridized carbons (Fsp3) is 0.333. The predicted octanol–water partition coefficient (Wildman–Crippen LogP) is 2.25. The third kappa shape index (κ3) is 3.94. The van der Waals surface area contributed by atoms with E-state index in [2.05, 4.69) is 0 Å². The molecule has 0 atom stereocenters. The molecule has 0 aliphatic heterocycles. The van der Waals surface area contributed by atoms with Crippen LogP contribution in [0.2, 0.25) is 0 Å². The molecule has 0 aliphatic rings. The second-order valence-corrected chi connectivity index (χ2v) is 3.26. The predicted molar refractivity (Wildman–Crippen MR) is 57.2 cm³/mol. The molecule has 0 amide bonds. The summed E-state index contributed by atoms with van der Waals surface area (Å²) in [6, 6.07) is 6.69. The van der Waals surface area contributed by atoms with E-state index >= 15 is 0 Å². The zero-order chi connectivity index (χ0) is 11.1. The molecule has 0 aromatic heterocycles. The van der Waals surface area contributed by atoms with Crippen LogP contribution in [0.1, 0.15) is 30.1 Å². The highest BCUT2D eigenvalue weighted by Gasteiger charge is 2.01. The van der Waals surface area contributed by atoms with Gasteiger partial charge in [-0.05, 0) is 30.7 Å². The zero-order valence-corrected chi connectivity index (χ0v) is 8.73. The maximum Gasteiger partial charge on any atom is 0.170 e. The summed E-state index contributed by atoms with van der Waals surface area (Å²) in [7, 11) is 0. The molecule has 3 heteroatoms. The Hall–Kier alpha value is -1.64. The van der Waals surface area contributed by atoms with E-state index in [1.165, 1.54) is 0 Å². The fourth-order valence-corrected chi connectivity index (χ4v) is 1.16. The lowest BCUT2D eigenvalue weighted by Gasteiger charge is -2.04. The van der Waals surface area contributed by atoms with Crippen LogP contribution in [0.5, 0.6) is 5.75 Å². The molecular weight excluding hydrogens is 192 g/mol. The van der Waals surface area contributed by atoms with E-state index in [4.69, 9.17) is 4.74 Å². The molecule has 1 rings (SSSR count). The van der Waals surface area contributed by atoms with Crippen molar-refractivity contribution in [2.24, 2.45) is 0 Å². The third-order valence-electron chi connectivity index (χ3n) is 1.94. The summed E-state index contributed by atoms with van der Waals surface area (Å²) < 4.78 is 5.25. The van der Waals surface area contributed by atoms with Gasteiger partial charge in [0.2, 0.25) is 0 Å². The SMILES string of the molecule is CCCC(=O)COc1ccc(C=O)cc1. The zero-order valence-electron chi connectivity index (χ0n) is 8.73. The van der Waals surface area contributed by atoms with Crippen LogP contribution in [-0.4, -0.2) is 18.7 Å². The summed E-state index contributed by atoms with van der Waals surface area (Å²) in [5.74, 6) is 0.710. The lowest BCUT2D eigenvalue weighted by atomic mass is 10.2. The van der Waals surface area contributed by atoms with Gasteiger partial charge in [0.15, 0.2) is 5.78 Å². The van der Waals surface area contributed by atoms with Crippen molar-refractivity contribution < 1.29 is 14.3 Å². The minimum atomic E-state index is 0.0944. The maximum absolute atomic E-state index is 11.2. The minimum Gasteiger partial charge on any atom is -0.486 e. The van der Waals surface area contributed by atoms with Crippen molar-refractivity contribution in [3.63, 3.8) is 0 Å².